The maximum absolute atomic E-state index is 13.0. The Morgan fingerprint density at radius 3 is 2.90 bits per heavy atom. The maximum Gasteiger partial charge on any atom is 0.356 e. The van der Waals surface area contributed by atoms with Crippen LogP contribution in [0.4, 0.5) is 10.1 Å². The van der Waals surface area contributed by atoms with Gasteiger partial charge in [-0.15, -0.1) is 0 Å². The van der Waals surface area contributed by atoms with Gasteiger partial charge in [0.25, 0.3) is 0 Å². The van der Waals surface area contributed by atoms with Gasteiger partial charge in [0.2, 0.25) is 0 Å². The van der Waals surface area contributed by atoms with E-state index in [9.17, 15) is 9.18 Å². The average molecular weight is 295 g/mol. The lowest BCUT2D eigenvalue weighted by Crippen LogP contribution is -2.06. The van der Waals surface area contributed by atoms with Crippen molar-refractivity contribution in [2.45, 2.75) is 6.54 Å². The van der Waals surface area contributed by atoms with Gasteiger partial charge in [-0.2, -0.15) is 0 Å². The molecule has 0 bridgehead atoms. The second-order valence-corrected chi connectivity index (χ2v) is 4.43. The lowest BCUT2D eigenvalue weighted by Gasteiger charge is -2.08. The van der Waals surface area contributed by atoms with Crippen LogP contribution >= 0.6 is 11.6 Å². The predicted octanol–water partition coefficient (Wildman–Crippen LogP) is 3.27. The standard InChI is InChI=1S/C14H12ClFN2O2/c1-20-14(19)13-7-10(4-5-17-13)18-8-9-2-3-12(16)11(15)6-9/h2-7H,8H2,1H3,(H,17,18). The molecule has 1 N–H and O–H groups in total. The van der Waals surface area contributed by atoms with Crippen molar-refractivity contribution in [1.29, 1.82) is 0 Å². The zero-order valence-electron chi connectivity index (χ0n) is 10.7. The molecular formula is C14H12ClFN2O2. The van der Waals surface area contributed by atoms with Crippen LogP contribution < -0.4 is 5.32 Å². The van der Waals surface area contributed by atoms with E-state index < -0.39 is 11.8 Å². The number of carbonyl (C=O) groups excluding carboxylic acids is 1. The van der Waals surface area contributed by atoms with Crippen molar-refractivity contribution in [1.82, 2.24) is 4.98 Å². The number of rotatable bonds is 4. The molecule has 0 saturated heterocycles. The number of hydrogen-bond donors (Lipinski definition) is 1. The molecule has 0 radical (unpaired) electrons. The van der Waals surface area contributed by atoms with Gasteiger partial charge >= 0.3 is 5.97 Å². The van der Waals surface area contributed by atoms with Gasteiger partial charge in [0.15, 0.2) is 0 Å². The Kier molecular flexibility index (Phi) is 4.53. The number of halogens is 2. The summed E-state index contributed by atoms with van der Waals surface area (Å²) in [5.74, 6) is -0.953. The first kappa shape index (κ1) is 14.3. The number of anilines is 1. The molecule has 6 heteroatoms. The number of ether oxygens (including phenoxy) is 1. The highest BCUT2D eigenvalue weighted by Gasteiger charge is 2.07. The minimum atomic E-state index is -0.501. The molecule has 0 fully saturated rings. The Bertz CT molecular complexity index is 634. The molecule has 0 aliphatic rings. The van der Waals surface area contributed by atoms with Crippen molar-refractivity contribution >= 4 is 23.3 Å². The predicted molar refractivity (Wildman–Crippen MR) is 74.3 cm³/mol. The first-order chi connectivity index (χ1) is 9.60. The van der Waals surface area contributed by atoms with Crippen molar-refractivity contribution in [2.24, 2.45) is 0 Å². The van der Waals surface area contributed by atoms with Crippen LogP contribution in [-0.4, -0.2) is 18.1 Å². The van der Waals surface area contributed by atoms with Gasteiger partial charge in [-0.25, -0.2) is 14.2 Å². The number of nitrogens with one attached hydrogen (secondary N) is 1. The fraction of sp³-hybridized carbons (Fsp3) is 0.143. The molecule has 104 valence electrons. The molecule has 20 heavy (non-hydrogen) atoms. The van der Waals surface area contributed by atoms with Gasteiger partial charge in [-0.1, -0.05) is 17.7 Å². The minimum absolute atomic E-state index is 0.0780. The Morgan fingerprint density at radius 2 is 2.20 bits per heavy atom. The molecular weight excluding hydrogens is 283 g/mol. The normalized spacial score (nSPS) is 10.2. The van der Waals surface area contributed by atoms with Crippen LogP contribution in [0.1, 0.15) is 16.1 Å². The van der Waals surface area contributed by atoms with Crippen LogP contribution in [0.2, 0.25) is 5.02 Å². The largest absolute Gasteiger partial charge is 0.464 e. The van der Waals surface area contributed by atoms with E-state index in [0.29, 0.717) is 12.2 Å². The van der Waals surface area contributed by atoms with Crippen molar-refractivity contribution in [3.63, 3.8) is 0 Å². The molecule has 0 saturated carbocycles. The zero-order chi connectivity index (χ0) is 14.5. The number of pyridine rings is 1. The van der Waals surface area contributed by atoms with Gasteiger partial charge in [-0.3, -0.25) is 0 Å². The topological polar surface area (TPSA) is 51.2 Å². The Morgan fingerprint density at radius 1 is 1.40 bits per heavy atom. The summed E-state index contributed by atoms with van der Waals surface area (Å²) in [7, 11) is 1.30. The molecule has 2 rings (SSSR count). The fourth-order valence-corrected chi connectivity index (χ4v) is 1.81. The highest BCUT2D eigenvalue weighted by molar-refractivity contribution is 6.30. The summed E-state index contributed by atoms with van der Waals surface area (Å²) >= 11 is 5.71. The summed E-state index contributed by atoms with van der Waals surface area (Å²) < 4.78 is 17.6. The number of benzene rings is 1. The van der Waals surface area contributed by atoms with Crippen molar-refractivity contribution < 1.29 is 13.9 Å². The Balaban J connectivity index is 2.07. The average Bonchev–Trinajstić information content (AvgIpc) is 2.48. The van der Waals surface area contributed by atoms with E-state index in [1.54, 1.807) is 24.3 Å². The molecule has 1 aromatic carbocycles. The quantitative estimate of drug-likeness (QED) is 0.879. The van der Waals surface area contributed by atoms with Gasteiger partial charge in [0.1, 0.15) is 11.5 Å². The number of esters is 1. The summed E-state index contributed by atoms with van der Waals surface area (Å²) in [4.78, 5) is 15.3. The summed E-state index contributed by atoms with van der Waals surface area (Å²) in [5.41, 5.74) is 1.75. The van der Waals surface area contributed by atoms with Crippen molar-refractivity contribution in [3.05, 3.63) is 58.6 Å². The van der Waals surface area contributed by atoms with Gasteiger partial charge in [-0.05, 0) is 29.8 Å². The number of carbonyl (C=O) groups is 1. The van der Waals surface area contributed by atoms with E-state index in [0.717, 1.165) is 5.56 Å². The number of methoxy groups -OCH3 is 1. The van der Waals surface area contributed by atoms with Crippen LogP contribution in [0.25, 0.3) is 0 Å². The highest BCUT2D eigenvalue weighted by atomic mass is 35.5. The van der Waals surface area contributed by atoms with Gasteiger partial charge < -0.3 is 10.1 Å². The third-order valence-electron chi connectivity index (χ3n) is 2.64. The number of aromatic nitrogens is 1. The second-order valence-electron chi connectivity index (χ2n) is 4.02. The lowest BCUT2D eigenvalue weighted by molar-refractivity contribution is 0.0594. The molecule has 4 nitrogen and oxygen atoms in total. The molecule has 0 spiro atoms. The summed E-state index contributed by atoms with van der Waals surface area (Å²) in [6, 6.07) is 7.79. The SMILES string of the molecule is COC(=O)c1cc(NCc2ccc(F)c(Cl)c2)ccn1. The van der Waals surface area contributed by atoms with Crippen LogP contribution in [0.15, 0.2) is 36.5 Å². The summed E-state index contributed by atoms with van der Waals surface area (Å²) in [5, 5.41) is 3.18. The molecule has 0 atom stereocenters. The molecule has 0 amide bonds. The monoisotopic (exact) mass is 294 g/mol. The fourth-order valence-electron chi connectivity index (χ4n) is 1.61. The molecule has 1 aromatic heterocycles. The van der Waals surface area contributed by atoms with Crippen molar-refractivity contribution in [2.75, 3.05) is 12.4 Å². The van der Waals surface area contributed by atoms with Gasteiger partial charge in [0.05, 0.1) is 12.1 Å². The summed E-state index contributed by atoms with van der Waals surface area (Å²) in [6.45, 7) is 0.449. The third-order valence-corrected chi connectivity index (χ3v) is 2.92. The zero-order valence-corrected chi connectivity index (χ0v) is 11.4. The number of nitrogens with zero attached hydrogens (tertiary/aromatic N) is 1. The van der Waals surface area contributed by atoms with E-state index in [1.807, 2.05) is 0 Å². The molecule has 0 unspecified atom stereocenters. The van der Waals surface area contributed by atoms with E-state index in [4.69, 9.17) is 11.6 Å². The van der Waals surface area contributed by atoms with E-state index in [1.165, 1.54) is 19.4 Å². The number of hydrogen-bond acceptors (Lipinski definition) is 4. The summed E-state index contributed by atoms with van der Waals surface area (Å²) in [6.07, 6.45) is 1.51. The van der Waals surface area contributed by atoms with Crippen LogP contribution in [-0.2, 0) is 11.3 Å². The molecule has 0 aliphatic heterocycles. The van der Waals surface area contributed by atoms with Crippen molar-refractivity contribution in [3.8, 4) is 0 Å². The first-order valence-electron chi connectivity index (χ1n) is 5.82. The first-order valence-corrected chi connectivity index (χ1v) is 6.20. The molecule has 2 aromatic rings. The molecule has 0 aliphatic carbocycles. The van der Waals surface area contributed by atoms with E-state index in [2.05, 4.69) is 15.0 Å². The van der Waals surface area contributed by atoms with E-state index in [-0.39, 0.29) is 10.7 Å². The second kappa shape index (κ2) is 6.34. The molecule has 1 heterocycles. The highest BCUT2D eigenvalue weighted by Crippen LogP contribution is 2.17. The third kappa shape index (κ3) is 3.45. The Labute approximate surface area is 120 Å². The van der Waals surface area contributed by atoms with Crippen LogP contribution in [0.5, 0.6) is 0 Å². The lowest BCUT2D eigenvalue weighted by atomic mass is 10.2. The maximum atomic E-state index is 13.0. The minimum Gasteiger partial charge on any atom is -0.464 e. The smallest absolute Gasteiger partial charge is 0.356 e. The van der Waals surface area contributed by atoms with E-state index >= 15 is 0 Å². The Hall–Kier alpha value is -2.14. The van der Waals surface area contributed by atoms with Crippen LogP contribution in [0.3, 0.4) is 0 Å². The van der Waals surface area contributed by atoms with Gasteiger partial charge in [0, 0.05) is 18.4 Å². The van der Waals surface area contributed by atoms with Crippen LogP contribution in [0, 0.1) is 5.82 Å².